The van der Waals surface area contributed by atoms with Gasteiger partial charge in [-0.1, -0.05) is 30.3 Å². The molecule has 0 bridgehead atoms. The van der Waals surface area contributed by atoms with Crippen LogP contribution >= 0.6 is 0 Å². The number of alkyl carbamates (subject to hydrolysis) is 1. The summed E-state index contributed by atoms with van der Waals surface area (Å²) in [6.45, 7) is 3.45. The average molecular weight is 247 g/mol. The molecule has 2 heterocycles. The highest BCUT2D eigenvalue weighted by molar-refractivity contribution is 5.69. The van der Waals surface area contributed by atoms with E-state index < -0.39 is 5.60 Å². The van der Waals surface area contributed by atoms with E-state index in [0.717, 1.165) is 25.0 Å². The summed E-state index contributed by atoms with van der Waals surface area (Å²) in [7, 11) is 0. The third-order valence-electron chi connectivity index (χ3n) is 3.68. The van der Waals surface area contributed by atoms with Crippen molar-refractivity contribution in [2.24, 2.45) is 0 Å². The predicted octanol–water partition coefficient (Wildman–Crippen LogP) is 2.19. The van der Waals surface area contributed by atoms with Gasteiger partial charge in [-0.15, -0.1) is 0 Å². The van der Waals surface area contributed by atoms with E-state index in [4.69, 9.17) is 9.47 Å². The van der Waals surface area contributed by atoms with Crippen LogP contribution < -0.4 is 5.32 Å². The number of hydrogen-bond acceptors (Lipinski definition) is 3. The van der Waals surface area contributed by atoms with E-state index >= 15 is 0 Å². The number of amides is 1. The van der Waals surface area contributed by atoms with Crippen LogP contribution in [0.25, 0.3) is 0 Å². The largest absolute Gasteiger partial charge is 0.438 e. The lowest BCUT2D eigenvalue weighted by atomic mass is 9.81. The molecule has 0 saturated carbocycles. The number of ether oxygens (including phenoxy) is 2. The first kappa shape index (κ1) is 11.5. The highest BCUT2D eigenvalue weighted by Crippen LogP contribution is 2.44. The van der Waals surface area contributed by atoms with Gasteiger partial charge in [0.2, 0.25) is 0 Å². The summed E-state index contributed by atoms with van der Waals surface area (Å²) >= 11 is 0. The van der Waals surface area contributed by atoms with Crippen LogP contribution in [0.4, 0.5) is 4.79 Å². The minimum absolute atomic E-state index is 0.145. The smallest absolute Gasteiger partial charge is 0.408 e. The van der Waals surface area contributed by atoms with Crippen molar-refractivity contribution in [3.8, 4) is 0 Å². The molecule has 3 rings (SSSR count). The Morgan fingerprint density at radius 3 is 2.67 bits per heavy atom. The van der Waals surface area contributed by atoms with E-state index in [2.05, 4.69) is 12.2 Å². The molecule has 1 unspecified atom stereocenters. The fourth-order valence-electron chi connectivity index (χ4n) is 2.63. The van der Waals surface area contributed by atoms with Crippen molar-refractivity contribution < 1.29 is 14.3 Å². The second-order valence-electron chi connectivity index (χ2n) is 5.34. The van der Waals surface area contributed by atoms with E-state index in [-0.39, 0.29) is 11.7 Å². The van der Waals surface area contributed by atoms with Crippen LogP contribution in [0.15, 0.2) is 30.3 Å². The van der Waals surface area contributed by atoms with Gasteiger partial charge in [0.1, 0.15) is 5.60 Å². The molecule has 1 aromatic rings. The van der Waals surface area contributed by atoms with Gasteiger partial charge in [-0.05, 0) is 12.5 Å². The van der Waals surface area contributed by atoms with Crippen molar-refractivity contribution in [1.82, 2.24) is 5.32 Å². The number of epoxide rings is 1. The quantitative estimate of drug-likeness (QED) is 0.833. The number of carbonyl (C=O) groups is 1. The maximum atomic E-state index is 11.6. The molecule has 1 N–H and O–H groups in total. The maximum Gasteiger partial charge on any atom is 0.408 e. The van der Waals surface area contributed by atoms with Gasteiger partial charge in [-0.2, -0.15) is 0 Å². The van der Waals surface area contributed by atoms with E-state index in [1.54, 1.807) is 0 Å². The second-order valence-corrected chi connectivity index (χ2v) is 5.34. The second kappa shape index (κ2) is 3.99. The monoisotopic (exact) mass is 247 g/mol. The van der Waals surface area contributed by atoms with Gasteiger partial charge in [0.25, 0.3) is 0 Å². The van der Waals surface area contributed by atoms with Gasteiger partial charge in [-0.3, -0.25) is 0 Å². The van der Waals surface area contributed by atoms with Gasteiger partial charge in [0, 0.05) is 19.4 Å². The Labute approximate surface area is 106 Å². The number of rotatable bonds is 3. The van der Waals surface area contributed by atoms with Crippen LogP contribution in [0.5, 0.6) is 0 Å². The Bertz CT molecular complexity index is 455. The molecule has 0 radical (unpaired) electrons. The summed E-state index contributed by atoms with van der Waals surface area (Å²) in [6, 6.07) is 9.95. The van der Waals surface area contributed by atoms with Crippen molar-refractivity contribution in [3.63, 3.8) is 0 Å². The molecule has 0 aliphatic carbocycles. The molecule has 4 nitrogen and oxygen atoms in total. The molecule has 1 amide bonds. The van der Waals surface area contributed by atoms with E-state index in [0.29, 0.717) is 6.54 Å². The van der Waals surface area contributed by atoms with Crippen molar-refractivity contribution in [1.29, 1.82) is 0 Å². The number of cyclic esters (lactones) is 1. The molecule has 2 atom stereocenters. The zero-order valence-corrected chi connectivity index (χ0v) is 10.4. The summed E-state index contributed by atoms with van der Waals surface area (Å²) in [5.74, 6) is 0. The minimum Gasteiger partial charge on any atom is -0.438 e. The SMILES string of the molecule is CC1(C[C@]2(c3ccccc3)CCNC(=O)O2)CO1. The third-order valence-corrected chi connectivity index (χ3v) is 3.68. The molecule has 2 aliphatic heterocycles. The molecule has 18 heavy (non-hydrogen) atoms. The summed E-state index contributed by atoms with van der Waals surface area (Å²) < 4.78 is 11.1. The fraction of sp³-hybridized carbons (Fsp3) is 0.500. The van der Waals surface area contributed by atoms with Crippen LogP contribution in [0.3, 0.4) is 0 Å². The first-order valence-electron chi connectivity index (χ1n) is 6.28. The highest BCUT2D eigenvalue weighted by Gasteiger charge is 2.51. The zero-order chi connectivity index (χ0) is 12.6. The average Bonchev–Trinajstić information content (AvgIpc) is 3.08. The van der Waals surface area contributed by atoms with Crippen molar-refractivity contribution in [2.45, 2.75) is 31.0 Å². The number of benzene rings is 1. The van der Waals surface area contributed by atoms with E-state index in [1.165, 1.54) is 0 Å². The van der Waals surface area contributed by atoms with Gasteiger partial charge in [0.05, 0.1) is 12.2 Å². The molecule has 2 saturated heterocycles. The van der Waals surface area contributed by atoms with E-state index in [9.17, 15) is 4.79 Å². The molecule has 2 aliphatic rings. The van der Waals surface area contributed by atoms with Crippen LogP contribution in [-0.2, 0) is 15.1 Å². The first-order chi connectivity index (χ1) is 8.62. The Hall–Kier alpha value is -1.55. The molecule has 2 fully saturated rings. The molecule has 0 spiro atoms. The molecule has 1 aromatic carbocycles. The van der Waals surface area contributed by atoms with Crippen LogP contribution in [0.1, 0.15) is 25.3 Å². The van der Waals surface area contributed by atoms with Gasteiger partial charge >= 0.3 is 6.09 Å². The summed E-state index contributed by atoms with van der Waals surface area (Å²) in [5, 5.41) is 2.71. The van der Waals surface area contributed by atoms with Crippen molar-refractivity contribution in [3.05, 3.63) is 35.9 Å². The molecular formula is C14H17NO3. The molecular weight excluding hydrogens is 230 g/mol. The van der Waals surface area contributed by atoms with Crippen LogP contribution in [-0.4, -0.2) is 24.8 Å². The standard InChI is InChI=1S/C14H17NO3/c1-13(10-17-13)9-14(7-8-15-12(16)18-14)11-5-3-2-4-6-11/h2-6H,7-10H2,1H3,(H,15,16)/t13?,14-/m0/s1. The maximum absolute atomic E-state index is 11.6. The predicted molar refractivity (Wildman–Crippen MR) is 66.2 cm³/mol. The normalized spacial score (nSPS) is 34.6. The molecule has 4 heteroatoms. The van der Waals surface area contributed by atoms with Crippen molar-refractivity contribution in [2.75, 3.05) is 13.2 Å². The van der Waals surface area contributed by atoms with Crippen LogP contribution in [0, 0.1) is 0 Å². The lowest BCUT2D eigenvalue weighted by molar-refractivity contribution is -0.0370. The van der Waals surface area contributed by atoms with Gasteiger partial charge in [0.15, 0.2) is 0 Å². The minimum atomic E-state index is -0.547. The Kier molecular flexibility index (Phi) is 2.55. The molecule has 96 valence electrons. The third kappa shape index (κ3) is 2.08. The number of hydrogen-bond donors (Lipinski definition) is 1. The Morgan fingerprint density at radius 2 is 2.06 bits per heavy atom. The Balaban J connectivity index is 1.94. The lowest BCUT2D eigenvalue weighted by Gasteiger charge is -2.38. The number of nitrogens with one attached hydrogen (secondary N) is 1. The summed E-state index contributed by atoms with van der Waals surface area (Å²) in [6.07, 6.45) is 1.16. The van der Waals surface area contributed by atoms with Crippen LogP contribution in [0.2, 0.25) is 0 Å². The highest BCUT2D eigenvalue weighted by atomic mass is 16.6. The summed E-state index contributed by atoms with van der Waals surface area (Å²) in [5.41, 5.74) is 0.360. The van der Waals surface area contributed by atoms with Gasteiger partial charge in [-0.25, -0.2) is 4.79 Å². The summed E-state index contributed by atoms with van der Waals surface area (Å²) in [4.78, 5) is 11.6. The molecule has 0 aromatic heterocycles. The topological polar surface area (TPSA) is 50.9 Å². The Morgan fingerprint density at radius 1 is 1.33 bits per heavy atom. The van der Waals surface area contributed by atoms with E-state index in [1.807, 2.05) is 30.3 Å². The number of carbonyl (C=O) groups excluding carboxylic acids is 1. The zero-order valence-electron chi connectivity index (χ0n) is 10.4. The fourth-order valence-corrected chi connectivity index (χ4v) is 2.63. The first-order valence-corrected chi connectivity index (χ1v) is 6.28. The lowest BCUT2D eigenvalue weighted by Crippen LogP contribution is -2.47. The van der Waals surface area contributed by atoms with Crippen molar-refractivity contribution >= 4 is 6.09 Å². The van der Waals surface area contributed by atoms with Gasteiger partial charge < -0.3 is 14.8 Å².